The third-order valence-electron chi connectivity index (χ3n) is 2.06. The number of hydrogen-bond acceptors (Lipinski definition) is 2. The average molecular weight is 242 g/mol. The fourth-order valence-electron chi connectivity index (χ4n) is 1.18. The predicted molar refractivity (Wildman–Crippen MR) is 64.8 cm³/mol. The van der Waals surface area contributed by atoms with Crippen molar-refractivity contribution in [1.29, 1.82) is 0 Å². The molecule has 16 heavy (non-hydrogen) atoms. The van der Waals surface area contributed by atoms with E-state index in [1.54, 1.807) is 19.1 Å². The number of para-hydroxylation sites is 1. The molecule has 1 N–H and O–H groups in total. The van der Waals surface area contributed by atoms with E-state index in [2.05, 4.69) is 5.32 Å². The van der Waals surface area contributed by atoms with Crippen molar-refractivity contribution >= 4 is 17.5 Å². The molecule has 1 aromatic rings. The maximum absolute atomic E-state index is 11.5. The van der Waals surface area contributed by atoms with Gasteiger partial charge in [0.1, 0.15) is 5.75 Å². The number of halogens is 1. The number of carbonyl (C=O) groups excluding carboxylic acids is 1. The molecule has 0 aliphatic carbocycles. The van der Waals surface area contributed by atoms with Crippen molar-refractivity contribution in [1.82, 2.24) is 5.32 Å². The van der Waals surface area contributed by atoms with Crippen LogP contribution < -0.4 is 10.1 Å². The van der Waals surface area contributed by atoms with Gasteiger partial charge in [-0.2, -0.15) is 0 Å². The highest BCUT2D eigenvalue weighted by Crippen LogP contribution is 2.24. The minimum atomic E-state index is -0.536. The summed E-state index contributed by atoms with van der Waals surface area (Å²) in [5, 5.41) is 3.28. The lowest BCUT2D eigenvalue weighted by Gasteiger charge is -2.15. The maximum atomic E-state index is 11.5. The number of amides is 1. The van der Waals surface area contributed by atoms with Crippen molar-refractivity contribution in [2.24, 2.45) is 0 Å². The summed E-state index contributed by atoms with van der Waals surface area (Å²) < 4.78 is 5.46. The Hall–Kier alpha value is -1.22. The summed E-state index contributed by atoms with van der Waals surface area (Å²) in [7, 11) is 0. The lowest BCUT2D eigenvalue weighted by molar-refractivity contribution is -0.127. The molecule has 0 aliphatic heterocycles. The first-order valence-electron chi connectivity index (χ1n) is 5.34. The minimum absolute atomic E-state index is 0.123. The third-order valence-corrected chi connectivity index (χ3v) is 2.37. The zero-order valence-electron chi connectivity index (χ0n) is 9.50. The fraction of sp³-hybridized carbons (Fsp3) is 0.417. The van der Waals surface area contributed by atoms with Crippen molar-refractivity contribution in [3.63, 3.8) is 0 Å². The topological polar surface area (TPSA) is 38.3 Å². The monoisotopic (exact) mass is 241 g/mol. The quantitative estimate of drug-likeness (QED) is 0.861. The standard InChI is InChI=1S/C12H16ClNO2/c1-3-8-14-12(15)9(2)16-11-7-5-4-6-10(11)13/h4-7,9H,3,8H2,1-2H3,(H,14,15)/t9-/m1/s1. The molecule has 0 fully saturated rings. The van der Waals surface area contributed by atoms with E-state index in [0.717, 1.165) is 6.42 Å². The number of benzene rings is 1. The second kappa shape index (κ2) is 6.38. The second-order valence-corrected chi connectivity index (χ2v) is 3.89. The first kappa shape index (κ1) is 12.8. The molecule has 1 aromatic carbocycles. The van der Waals surface area contributed by atoms with Gasteiger partial charge in [0.15, 0.2) is 6.10 Å². The zero-order chi connectivity index (χ0) is 12.0. The molecule has 1 atom stereocenters. The highest BCUT2D eigenvalue weighted by Gasteiger charge is 2.14. The van der Waals surface area contributed by atoms with Gasteiger partial charge in [-0.15, -0.1) is 0 Å². The summed E-state index contributed by atoms with van der Waals surface area (Å²) in [5.41, 5.74) is 0. The minimum Gasteiger partial charge on any atom is -0.479 e. The lowest BCUT2D eigenvalue weighted by Crippen LogP contribution is -2.36. The van der Waals surface area contributed by atoms with E-state index in [1.165, 1.54) is 0 Å². The van der Waals surface area contributed by atoms with Crippen molar-refractivity contribution in [3.8, 4) is 5.75 Å². The molecule has 0 saturated heterocycles. The first-order valence-corrected chi connectivity index (χ1v) is 5.71. The molecule has 4 heteroatoms. The number of hydrogen-bond donors (Lipinski definition) is 1. The van der Waals surface area contributed by atoms with Gasteiger partial charge in [-0.1, -0.05) is 30.7 Å². The van der Waals surface area contributed by atoms with Crippen molar-refractivity contribution in [2.45, 2.75) is 26.4 Å². The smallest absolute Gasteiger partial charge is 0.260 e. The molecule has 0 heterocycles. The summed E-state index contributed by atoms with van der Waals surface area (Å²) in [4.78, 5) is 11.5. The maximum Gasteiger partial charge on any atom is 0.260 e. The summed E-state index contributed by atoms with van der Waals surface area (Å²) in [6.45, 7) is 4.36. The van der Waals surface area contributed by atoms with Crippen molar-refractivity contribution < 1.29 is 9.53 Å². The van der Waals surface area contributed by atoms with Crippen LogP contribution in [0.5, 0.6) is 5.75 Å². The van der Waals surface area contributed by atoms with Crippen LogP contribution in [0.2, 0.25) is 5.02 Å². The molecular weight excluding hydrogens is 226 g/mol. The lowest BCUT2D eigenvalue weighted by atomic mass is 10.3. The Morgan fingerprint density at radius 3 is 2.81 bits per heavy atom. The third kappa shape index (κ3) is 3.74. The summed E-state index contributed by atoms with van der Waals surface area (Å²) in [5.74, 6) is 0.407. The molecular formula is C12H16ClNO2. The van der Waals surface area contributed by atoms with E-state index >= 15 is 0 Å². The molecule has 0 aromatic heterocycles. The molecule has 1 rings (SSSR count). The largest absolute Gasteiger partial charge is 0.479 e. The van der Waals surface area contributed by atoms with Crippen LogP contribution >= 0.6 is 11.6 Å². The normalized spacial score (nSPS) is 11.9. The molecule has 88 valence electrons. The summed E-state index contributed by atoms with van der Waals surface area (Å²) in [6, 6.07) is 7.11. The van der Waals surface area contributed by atoms with Gasteiger partial charge in [-0.05, 0) is 25.5 Å². The van der Waals surface area contributed by atoms with Crippen LogP contribution in [-0.2, 0) is 4.79 Å². The van der Waals surface area contributed by atoms with Gasteiger partial charge in [0, 0.05) is 6.54 Å². The van der Waals surface area contributed by atoms with Crippen LogP contribution in [-0.4, -0.2) is 18.6 Å². The first-order chi connectivity index (χ1) is 7.65. The Balaban J connectivity index is 2.54. The van der Waals surface area contributed by atoms with Gasteiger partial charge in [0.2, 0.25) is 0 Å². The summed E-state index contributed by atoms with van der Waals surface area (Å²) in [6.07, 6.45) is 0.372. The van der Waals surface area contributed by atoms with Gasteiger partial charge in [-0.25, -0.2) is 0 Å². The van der Waals surface area contributed by atoms with Gasteiger partial charge in [0.25, 0.3) is 5.91 Å². The molecule has 0 unspecified atom stereocenters. The van der Waals surface area contributed by atoms with E-state index in [0.29, 0.717) is 17.3 Å². The Bertz CT molecular complexity index is 355. The van der Waals surface area contributed by atoms with Gasteiger partial charge in [-0.3, -0.25) is 4.79 Å². The number of ether oxygens (including phenoxy) is 1. The average Bonchev–Trinajstić information content (AvgIpc) is 2.28. The van der Waals surface area contributed by atoms with Crippen LogP contribution in [0.15, 0.2) is 24.3 Å². The van der Waals surface area contributed by atoms with Crippen molar-refractivity contribution in [3.05, 3.63) is 29.3 Å². The fourth-order valence-corrected chi connectivity index (χ4v) is 1.36. The van der Waals surface area contributed by atoms with Gasteiger partial charge < -0.3 is 10.1 Å². The van der Waals surface area contributed by atoms with E-state index in [-0.39, 0.29) is 5.91 Å². The molecule has 0 spiro atoms. The molecule has 0 aliphatic rings. The highest BCUT2D eigenvalue weighted by molar-refractivity contribution is 6.32. The number of carbonyl (C=O) groups is 1. The molecule has 0 radical (unpaired) electrons. The highest BCUT2D eigenvalue weighted by atomic mass is 35.5. The van der Waals surface area contributed by atoms with Crippen LogP contribution in [0.4, 0.5) is 0 Å². The van der Waals surface area contributed by atoms with E-state index in [9.17, 15) is 4.79 Å². The van der Waals surface area contributed by atoms with Gasteiger partial charge in [0.05, 0.1) is 5.02 Å². The Labute approximate surface area is 101 Å². The van der Waals surface area contributed by atoms with Crippen LogP contribution in [0.25, 0.3) is 0 Å². The zero-order valence-corrected chi connectivity index (χ0v) is 10.3. The predicted octanol–water partition coefficient (Wildman–Crippen LogP) is 2.63. The molecule has 0 bridgehead atoms. The SMILES string of the molecule is CCCNC(=O)[C@@H](C)Oc1ccccc1Cl. The van der Waals surface area contributed by atoms with Crippen LogP contribution in [0.1, 0.15) is 20.3 Å². The Morgan fingerprint density at radius 2 is 2.19 bits per heavy atom. The summed E-state index contributed by atoms with van der Waals surface area (Å²) >= 11 is 5.92. The number of rotatable bonds is 5. The molecule has 3 nitrogen and oxygen atoms in total. The molecule has 0 saturated carbocycles. The van der Waals surface area contributed by atoms with Crippen molar-refractivity contribution in [2.75, 3.05) is 6.54 Å². The van der Waals surface area contributed by atoms with Gasteiger partial charge >= 0.3 is 0 Å². The van der Waals surface area contributed by atoms with E-state index in [4.69, 9.17) is 16.3 Å². The Morgan fingerprint density at radius 1 is 1.50 bits per heavy atom. The van der Waals surface area contributed by atoms with E-state index in [1.807, 2.05) is 19.1 Å². The Kier molecular flexibility index (Phi) is 5.12. The second-order valence-electron chi connectivity index (χ2n) is 3.48. The van der Waals surface area contributed by atoms with E-state index < -0.39 is 6.10 Å². The number of nitrogens with one attached hydrogen (secondary N) is 1. The molecule has 1 amide bonds. The van der Waals surface area contributed by atoms with Crippen LogP contribution in [0, 0.1) is 0 Å². The van der Waals surface area contributed by atoms with Crippen LogP contribution in [0.3, 0.4) is 0 Å².